The van der Waals surface area contributed by atoms with Gasteiger partial charge in [-0.25, -0.2) is 0 Å². The van der Waals surface area contributed by atoms with Gasteiger partial charge in [0.25, 0.3) is 0 Å². The van der Waals surface area contributed by atoms with Crippen molar-refractivity contribution in [3.63, 3.8) is 0 Å². The zero-order chi connectivity index (χ0) is 5.70. The van der Waals surface area contributed by atoms with Gasteiger partial charge in [0.05, 0.1) is 0 Å². The summed E-state index contributed by atoms with van der Waals surface area (Å²) in [5.41, 5.74) is 0. The summed E-state index contributed by atoms with van der Waals surface area (Å²) < 4.78 is 15.8. The fraction of sp³-hybridized carbons (Fsp3) is 1.00. The molecule has 3 heteroatoms. The third-order valence-corrected chi connectivity index (χ3v) is 0.918. The summed E-state index contributed by atoms with van der Waals surface area (Å²) in [6.45, 7) is 4.59. The first-order chi connectivity index (χ1) is 3.27. The zero-order valence-corrected chi connectivity index (χ0v) is 6.19. The van der Waals surface area contributed by atoms with E-state index >= 15 is 0 Å². The third-order valence-electron chi connectivity index (χ3n) is 0.528. The fourth-order valence-corrected chi connectivity index (χ4v) is 0.841. The van der Waals surface area contributed by atoms with Crippen LogP contribution in [0.15, 0.2) is 0 Å². The van der Waals surface area contributed by atoms with Crippen LogP contribution in [-0.2, 0) is 4.43 Å². The Labute approximate surface area is 46.0 Å². The van der Waals surface area contributed by atoms with Crippen molar-refractivity contribution in [1.29, 1.82) is 0 Å². The molecule has 0 fully saturated rings. The minimum atomic E-state index is -1.63. The second kappa shape index (κ2) is 4.27. The molecule has 0 N–H and O–H groups in total. The van der Waals surface area contributed by atoms with Crippen molar-refractivity contribution >= 4 is 10.1 Å². The SMILES string of the molecule is CC(C)CO[SiH2]F. The molecule has 0 aromatic heterocycles. The monoisotopic (exact) mass is 122 g/mol. The fourth-order valence-electron chi connectivity index (χ4n) is 0.280. The molecular weight excluding hydrogens is 111 g/mol. The van der Waals surface area contributed by atoms with Gasteiger partial charge in [-0.2, -0.15) is 0 Å². The van der Waals surface area contributed by atoms with E-state index in [2.05, 4.69) is 4.43 Å². The highest BCUT2D eigenvalue weighted by Crippen LogP contribution is 1.89. The summed E-state index contributed by atoms with van der Waals surface area (Å²) >= 11 is 0. The lowest BCUT2D eigenvalue weighted by Crippen LogP contribution is -2.01. The Morgan fingerprint density at radius 3 is 2.43 bits per heavy atom. The normalized spacial score (nSPS) is 12.0. The molecule has 1 nitrogen and oxygen atoms in total. The van der Waals surface area contributed by atoms with E-state index in [4.69, 9.17) is 0 Å². The average Bonchev–Trinajstić information content (AvgIpc) is 1.61. The molecule has 0 atom stereocenters. The Kier molecular flexibility index (Phi) is 4.34. The van der Waals surface area contributed by atoms with Crippen LogP contribution in [0.3, 0.4) is 0 Å². The third kappa shape index (κ3) is 6.11. The molecule has 0 heterocycles. The molecular formula is C4H11FOSi. The Hall–Kier alpha value is 0.107. The molecule has 7 heavy (non-hydrogen) atoms. The standard InChI is InChI=1S/C4H11FOSi/c1-4(2)3-6-7-5/h4H,3,7H2,1-2H3. The predicted octanol–water partition coefficient (Wildman–Crippen LogP) is 0.627. The second-order valence-electron chi connectivity index (χ2n) is 1.87. The van der Waals surface area contributed by atoms with Crippen LogP contribution < -0.4 is 0 Å². The summed E-state index contributed by atoms with van der Waals surface area (Å²) in [7, 11) is -1.63. The average molecular weight is 122 g/mol. The lowest BCUT2D eigenvalue weighted by Gasteiger charge is -1.99. The van der Waals surface area contributed by atoms with E-state index in [0.29, 0.717) is 12.5 Å². The second-order valence-corrected chi connectivity index (χ2v) is 2.50. The maximum atomic E-state index is 11.3. The van der Waals surface area contributed by atoms with E-state index in [-0.39, 0.29) is 0 Å². The first kappa shape index (κ1) is 7.11. The first-order valence-electron chi connectivity index (χ1n) is 2.41. The maximum absolute atomic E-state index is 11.3. The van der Waals surface area contributed by atoms with Crippen LogP contribution in [0.25, 0.3) is 0 Å². The van der Waals surface area contributed by atoms with E-state index in [1.54, 1.807) is 0 Å². The largest absolute Gasteiger partial charge is 0.395 e. The maximum Gasteiger partial charge on any atom is 0.353 e. The number of hydrogen-bond acceptors (Lipinski definition) is 1. The van der Waals surface area contributed by atoms with E-state index in [1.165, 1.54) is 0 Å². The number of rotatable bonds is 3. The van der Waals surface area contributed by atoms with Crippen LogP contribution in [0.4, 0.5) is 4.11 Å². The van der Waals surface area contributed by atoms with Crippen LogP contribution in [-0.4, -0.2) is 16.7 Å². The van der Waals surface area contributed by atoms with Gasteiger partial charge in [0.2, 0.25) is 0 Å². The molecule has 0 aliphatic carbocycles. The minimum absolute atomic E-state index is 0.475. The van der Waals surface area contributed by atoms with Crippen LogP contribution >= 0.6 is 0 Å². The predicted molar refractivity (Wildman–Crippen MR) is 30.4 cm³/mol. The van der Waals surface area contributed by atoms with Crippen molar-refractivity contribution in [3.05, 3.63) is 0 Å². The highest BCUT2D eigenvalue weighted by Gasteiger charge is 1.90. The highest BCUT2D eigenvalue weighted by atomic mass is 28.3. The van der Waals surface area contributed by atoms with E-state index < -0.39 is 10.1 Å². The summed E-state index contributed by atoms with van der Waals surface area (Å²) in [4.78, 5) is 0. The summed E-state index contributed by atoms with van der Waals surface area (Å²) in [6, 6.07) is 0. The molecule has 0 saturated carbocycles. The van der Waals surface area contributed by atoms with Gasteiger partial charge in [-0.3, -0.25) is 4.11 Å². The van der Waals surface area contributed by atoms with Crippen LogP contribution in [0.1, 0.15) is 13.8 Å². The first-order valence-corrected chi connectivity index (χ1v) is 3.52. The Morgan fingerprint density at radius 1 is 1.71 bits per heavy atom. The van der Waals surface area contributed by atoms with Gasteiger partial charge in [-0.1, -0.05) is 13.8 Å². The Bertz CT molecular complexity index is 40.7. The number of halogens is 1. The Morgan fingerprint density at radius 2 is 2.29 bits per heavy atom. The number of hydrogen-bond donors (Lipinski definition) is 0. The molecule has 0 aliphatic heterocycles. The molecule has 0 spiro atoms. The van der Waals surface area contributed by atoms with Gasteiger partial charge >= 0.3 is 10.1 Å². The van der Waals surface area contributed by atoms with Gasteiger partial charge in [0.15, 0.2) is 0 Å². The van der Waals surface area contributed by atoms with Crippen molar-refractivity contribution in [2.45, 2.75) is 13.8 Å². The van der Waals surface area contributed by atoms with Gasteiger partial charge in [-0.15, -0.1) is 0 Å². The molecule has 0 unspecified atom stereocenters. The van der Waals surface area contributed by atoms with E-state index in [0.717, 1.165) is 0 Å². The topological polar surface area (TPSA) is 9.23 Å². The lowest BCUT2D eigenvalue weighted by molar-refractivity contribution is 0.266. The van der Waals surface area contributed by atoms with Crippen molar-refractivity contribution in [1.82, 2.24) is 0 Å². The van der Waals surface area contributed by atoms with E-state index in [1.807, 2.05) is 13.8 Å². The van der Waals surface area contributed by atoms with Crippen molar-refractivity contribution < 1.29 is 8.53 Å². The molecule has 0 rings (SSSR count). The molecule has 0 bridgehead atoms. The summed E-state index contributed by atoms with van der Waals surface area (Å²) in [5, 5.41) is 0. The van der Waals surface area contributed by atoms with Gasteiger partial charge in [0, 0.05) is 6.61 Å². The van der Waals surface area contributed by atoms with Gasteiger partial charge in [0.1, 0.15) is 0 Å². The molecule has 0 aromatic carbocycles. The highest BCUT2D eigenvalue weighted by molar-refractivity contribution is 6.16. The molecule has 44 valence electrons. The van der Waals surface area contributed by atoms with Crippen molar-refractivity contribution in [2.24, 2.45) is 5.92 Å². The molecule has 0 saturated heterocycles. The molecule has 0 aromatic rings. The molecule has 0 radical (unpaired) electrons. The molecule has 0 aliphatic rings. The minimum Gasteiger partial charge on any atom is -0.395 e. The van der Waals surface area contributed by atoms with Crippen LogP contribution in [0, 0.1) is 5.92 Å². The van der Waals surface area contributed by atoms with E-state index in [9.17, 15) is 4.11 Å². The van der Waals surface area contributed by atoms with Gasteiger partial charge < -0.3 is 4.43 Å². The van der Waals surface area contributed by atoms with Crippen LogP contribution in [0.5, 0.6) is 0 Å². The Balaban J connectivity index is 2.68. The summed E-state index contributed by atoms with van der Waals surface area (Å²) in [5.74, 6) is 0.475. The summed E-state index contributed by atoms with van der Waals surface area (Å²) in [6.07, 6.45) is 0. The van der Waals surface area contributed by atoms with Crippen molar-refractivity contribution in [2.75, 3.05) is 6.61 Å². The smallest absolute Gasteiger partial charge is 0.353 e. The van der Waals surface area contributed by atoms with Crippen molar-refractivity contribution in [3.8, 4) is 0 Å². The zero-order valence-electron chi connectivity index (χ0n) is 4.78. The lowest BCUT2D eigenvalue weighted by atomic mass is 10.2. The van der Waals surface area contributed by atoms with Crippen LogP contribution in [0.2, 0.25) is 0 Å². The quantitative estimate of drug-likeness (QED) is 0.394. The van der Waals surface area contributed by atoms with Gasteiger partial charge in [-0.05, 0) is 5.92 Å². The molecule has 0 amide bonds.